The molecule has 0 radical (unpaired) electrons. The maximum absolute atomic E-state index is 11.0. The van der Waals surface area contributed by atoms with E-state index < -0.39 is 0 Å². The van der Waals surface area contributed by atoms with Gasteiger partial charge in [-0.3, -0.25) is 4.79 Å². The molecule has 1 heterocycles. The Balaban J connectivity index is 2.53. The van der Waals surface area contributed by atoms with Crippen molar-refractivity contribution in [3.05, 3.63) is 22.7 Å². The lowest BCUT2D eigenvalue weighted by Crippen LogP contribution is -2.19. The van der Waals surface area contributed by atoms with Crippen molar-refractivity contribution in [2.75, 3.05) is 11.1 Å². The van der Waals surface area contributed by atoms with E-state index in [1.54, 1.807) is 12.1 Å². The second-order valence-electron chi connectivity index (χ2n) is 3.04. The molecule has 0 aromatic heterocycles. The van der Waals surface area contributed by atoms with Crippen molar-refractivity contribution in [1.29, 1.82) is 0 Å². The van der Waals surface area contributed by atoms with E-state index in [2.05, 4.69) is 5.32 Å². The Morgan fingerprint density at radius 1 is 1.38 bits per heavy atom. The average molecular weight is 197 g/mol. The molecule has 0 saturated carbocycles. The molecule has 0 spiro atoms. The second kappa shape index (κ2) is 2.92. The Bertz CT molecular complexity index is 376. The van der Waals surface area contributed by atoms with Gasteiger partial charge in [-0.2, -0.15) is 0 Å². The standard InChI is InChI=1S/C9H9ClN2O/c10-9-5-1-4-8(13)12-7(5)3-2-6(9)11/h2-3H,1,4,11H2,(H,12,13). The lowest BCUT2D eigenvalue weighted by Gasteiger charge is -2.18. The minimum atomic E-state index is 0.0355. The lowest BCUT2D eigenvalue weighted by atomic mass is 10.0. The highest BCUT2D eigenvalue weighted by atomic mass is 35.5. The van der Waals surface area contributed by atoms with E-state index in [4.69, 9.17) is 17.3 Å². The molecule has 0 atom stereocenters. The SMILES string of the molecule is Nc1ccc2c(c1Cl)CCC(=O)N2. The molecule has 1 aliphatic rings. The molecular formula is C9H9ClN2O. The minimum Gasteiger partial charge on any atom is -0.398 e. The number of amides is 1. The number of hydrogen-bond acceptors (Lipinski definition) is 2. The minimum absolute atomic E-state index is 0.0355. The molecule has 68 valence electrons. The summed E-state index contributed by atoms with van der Waals surface area (Å²) < 4.78 is 0. The van der Waals surface area contributed by atoms with E-state index in [1.807, 2.05) is 0 Å². The molecule has 0 bridgehead atoms. The molecule has 3 N–H and O–H groups in total. The number of halogens is 1. The Morgan fingerprint density at radius 2 is 2.15 bits per heavy atom. The number of benzene rings is 1. The summed E-state index contributed by atoms with van der Waals surface area (Å²) >= 11 is 5.98. The van der Waals surface area contributed by atoms with E-state index in [-0.39, 0.29) is 5.91 Å². The normalized spacial score (nSPS) is 15.0. The monoisotopic (exact) mass is 196 g/mol. The van der Waals surface area contributed by atoms with Gasteiger partial charge in [0.25, 0.3) is 0 Å². The van der Waals surface area contributed by atoms with Crippen molar-refractivity contribution >= 4 is 28.9 Å². The van der Waals surface area contributed by atoms with Crippen LogP contribution in [-0.2, 0) is 11.2 Å². The van der Waals surface area contributed by atoms with Gasteiger partial charge < -0.3 is 11.1 Å². The van der Waals surface area contributed by atoms with Gasteiger partial charge in [0.15, 0.2) is 0 Å². The summed E-state index contributed by atoms with van der Waals surface area (Å²) in [6.45, 7) is 0. The molecule has 2 rings (SSSR count). The first-order valence-electron chi connectivity index (χ1n) is 4.05. The zero-order chi connectivity index (χ0) is 9.42. The highest BCUT2D eigenvalue weighted by Gasteiger charge is 2.17. The molecule has 0 unspecified atom stereocenters. The van der Waals surface area contributed by atoms with Gasteiger partial charge in [0, 0.05) is 12.1 Å². The van der Waals surface area contributed by atoms with Crippen LogP contribution in [0.5, 0.6) is 0 Å². The van der Waals surface area contributed by atoms with Gasteiger partial charge >= 0.3 is 0 Å². The fourth-order valence-electron chi connectivity index (χ4n) is 1.45. The fourth-order valence-corrected chi connectivity index (χ4v) is 1.71. The summed E-state index contributed by atoms with van der Waals surface area (Å²) in [7, 11) is 0. The largest absolute Gasteiger partial charge is 0.398 e. The maximum Gasteiger partial charge on any atom is 0.224 e. The molecule has 13 heavy (non-hydrogen) atoms. The van der Waals surface area contributed by atoms with Gasteiger partial charge in [-0.05, 0) is 24.1 Å². The van der Waals surface area contributed by atoms with Crippen LogP contribution in [-0.4, -0.2) is 5.91 Å². The van der Waals surface area contributed by atoms with Gasteiger partial charge in [0.1, 0.15) is 0 Å². The number of nitrogen functional groups attached to an aromatic ring is 1. The maximum atomic E-state index is 11.0. The van der Waals surface area contributed by atoms with Gasteiger partial charge in [-0.1, -0.05) is 11.6 Å². The Kier molecular flexibility index (Phi) is 1.88. The molecule has 3 nitrogen and oxygen atoms in total. The van der Waals surface area contributed by atoms with Crippen molar-refractivity contribution < 1.29 is 4.79 Å². The highest BCUT2D eigenvalue weighted by molar-refractivity contribution is 6.34. The summed E-state index contributed by atoms with van der Waals surface area (Å²) in [5.41, 5.74) is 7.93. The van der Waals surface area contributed by atoms with Crippen LogP contribution >= 0.6 is 11.6 Å². The molecule has 1 aliphatic heterocycles. The number of carbonyl (C=O) groups excluding carboxylic acids is 1. The molecule has 1 aromatic carbocycles. The first-order chi connectivity index (χ1) is 6.18. The molecule has 1 aromatic rings. The third kappa shape index (κ3) is 1.35. The van der Waals surface area contributed by atoms with Crippen LogP contribution in [0.1, 0.15) is 12.0 Å². The van der Waals surface area contributed by atoms with Crippen LogP contribution in [0.3, 0.4) is 0 Å². The third-order valence-corrected chi connectivity index (χ3v) is 2.60. The molecule has 1 amide bonds. The zero-order valence-electron chi connectivity index (χ0n) is 6.93. The van der Waals surface area contributed by atoms with Crippen molar-refractivity contribution in [2.24, 2.45) is 0 Å². The number of hydrogen-bond donors (Lipinski definition) is 2. The van der Waals surface area contributed by atoms with Crippen LogP contribution in [0.15, 0.2) is 12.1 Å². The number of nitrogens with two attached hydrogens (primary N) is 1. The van der Waals surface area contributed by atoms with Crippen LogP contribution < -0.4 is 11.1 Å². The second-order valence-corrected chi connectivity index (χ2v) is 3.42. The van der Waals surface area contributed by atoms with Gasteiger partial charge in [0.2, 0.25) is 5.91 Å². The first-order valence-corrected chi connectivity index (χ1v) is 4.43. The van der Waals surface area contributed by atoms with Crippen molar-refractivity contribution in [3.8, 4) is 0 Å². The molecule has 0 aliphatic carbocycles. The summed E-state index contributed by atoms with van der Waals surface area (Å²) in [5.74, 6) is 0.0355. The summed E-state index contributed by atoms with van der Waals surface area (Å²) in [6, 6.07) is 3.49. The molecular weight excluding hydrogens is 188 g/mol. The molecule has 0 saturated heterocycles. The highest BCUT2D eigenvalue weighted by Crippen LogP contribution is 2.33. The fraction of sp³-hybridized carbons (Fsp3) is 0.222. The van der Waals surface area contributed by atoms with E-state index >= 15 is 0 Å². The quantitative estimate of drug-likeness (QED) is 0.622. The predicted molar refractivity (Wildman–Crippen MR) is 52.8 cm³/mol. The van der Waals surface area contributed by atoms with E-state index in [1.165, 1.54) is 0 Å². The number of nitrogens with one attached hydrogen (secondary N) is 1. The zero-order valence-corrected chi connectivity index (χ0v) is 7.69. The Morgan fingerprint density at radius 3 is 2.92 bits per heavy atom. The summed E-state index contributed by atoms with van der Waals surface area (Å²) in [5, 5.41) is 3.32. The van der Waals surface area contributed by atoms with Crippen molar-refractivity contribution in [3.63, 3.8) is 0 Å². The summed E-state index contributed by atoms with van der Waals surface area (Å²) in [6.07, 6.45) is 1.15. The van der Waals surface area contributed by atoms with Crippen molar-refractivity contribution in [1.82, 2.24) is 0 Å². The number of carbonyl (C=O) groups is 1. The summed E-state index contributed by atoms with van der Waals surface area (Å²) in [4.78, 5) is 11.0. The smallest absolute Gasteiger partial charge is 0.224 e. The van der Waals surface area contributed by atoms with Crippen LogP contribution in [0.25, 0.3) is 0 Å². The topological polar surface area (TPSA) is 55.1 Å². The van der Waals surface area contributed by atoms with E-state index in [0.717, 1.165) is 11.3 Å². The van der Waals surface area contributed by atoms with E-state index in [0.29, 0.717) is 23.6 Å². The van der Waals surface area contributed by atoms with Gasteiger partial charge in [-0.25, -0.2) is 0 Å². The lowest BCUT2D eigenvalue weighted by molar-refractivity contribution is -0.116. The van der Waals surface area contributed by atoms with Crippen LogP contribution in [0.2, 0.25) is 5.02 Å². The first kappa shape index (κ1) is 8.38. The number of fused-ring (bicyclic) bond motifs is 1. The molecule has 0 fully saturated rings. The van der Waals surface area contributed by atoms with Gasteiger partial charge in [-0.15, -0.1) is 0 Å². The van der Waals surface area contributed by atoms with E-state index in [9.17, 15) is 4.79 Å². The van der Waals surface area contributed by atoms with Crippen LogP contribution in [0.4, 0.5) is 11.4 Å². The average Bonchev–Trinajstić information content (AvgIpc) is 2.12. The third-order valence-electron chi connectivity index (χ3n) is 2.15. The number of anilines is 2. The Labute approximate surface area is 80.9 Å². The van der Waals surface area contributed by atoms with Crippen molar-refractivity contribution in [2.45, 2.75) is 12.8 Å². The van der Waals surface area contributed by atoms with Gasteiger partial charge in [0.05, 0.1) is 10.7 Å². The predicted octanol–water partition coefficient (Wildman–Crippen LogP) is 1.81. The number of rotatable bonds is 0. The Hall–Kier alpha value is -1.22. The molecule has 4 heteroatoms. The van der Waals surface area contributed by atoms with Crippen LogP contribution in [0, 0.1) is 0 Å².